The standard InChI is InChI=1S/C15H15FN2O2/c1-2-11-5-3-4-6-12(11)10-17-14-9-13(16)7-8-15(14)18(19)20/h3-9,17H,2,10H2,1H3. The van der Waals surface area contributed by atoms with E-state index in [4.69, 9.17) is 0 Å². The van der Waals surface area contributed by atoms with Crippen molar-refractivity contribution < 1.29 is 9.31 Å². The van der Waals surface area contributed by atoms with Crippen molar-refractivity contribution in [1.82, 2.24) is 0 Å². The first-order valence-corrected chi connectivity index (χ1v) is 6.36. The van der Waals surface area contributed by atoms with Crippen LogP contribution in [0.15, 0.2) is 42.5 Å². The van der Waals surface area contributed by atoms with E-state index in [0.29, 0.717) is 6.54 Å². The fourth-order valence-electron chi connectivity index (χ4n) is 2.07. The number of rotatable bonds is 5. The minimum atomic E-state index is -0.520. The molecule has 0 unspecified atom stereocenters. The van der Waals surface area contributed by atoms with Crippen molar-refractivity contribution in [3.63, 3.8) is 0 Å². The lowest BCUT2D eigenvalue weighted by Crippen LogP contribution is -2.05. The number of nitrogens with one attached hydrogen (secondary N) is 1. The maximum Gasteiger partial charge on any atom is 0.292 e. The second kappa shape index (κ2) is 6.14. The summed E-state index contributed by atoms with van der Waals surface area (Å²) in [5.41, 5.74) is 2.29. The van der Waals surface area contributed by atoms with Crippen LogP contribution in [0, 0.1) is 15.9 Å². The number of nitrogens with zero attached hydrogens (tertiary/aromatic N) is 1. The lowest BCUT2D eigenvalue weighted by molar-refractivity contribution is -0.384. The molecule has 0 heterocycles. The van der Waals surface area contributed by atoms with E-state index in [1.807, 2.05) is 31.2 Å². The third-order valence-electron chi connectivity index (χ3n) is 3.12. The monoisotopic (exact) mass is 274 g/mol. The molecule has 0 aliphatic heterocycles. The number of hydrogen-bond acceptors (Lipinski definition) is 3. The summed E-state index contributed by atoms with van der Waals surface area (Å²) in [6, 6.07) is 11.2. The summed E-state index contributed by atoms with van der Waals surface area (Å²) in [4.78, 5) is 10.4. The van der Waals surface area contributed by atoms with Crippen LogP contribution >= 0.6 is 0 Å². The SMILES string of the molecule is CCc1ccccc1CNc1cc(F)ccc1[N+](=O)[O-]. The van der Waals surface area contributed by atoms with Crippen LogP contribution in [0.1, 0.15) is 18.1 Å². The summed E-state index contributed by atoms with van der Waals surface area (Å²) in [6.45, 7) is 2.47. The molecule has 20 heavy (non-hydrogen) atoms. The number of nitro groups is 1. The van der Waals surface area contributed by atoms with Crippen LogP contribution in [-0.2, 0) is 13.0 Å². The Kier molecular flexibility index (Phi) is 4.30. The van der Waals surface area contributed by atoms with Gasteiger partial charge in [-0.05, 0) is 23.6 Å². The molecule has 2 aromatic rings. The Bertz CT molecular complexity index is 629. The molecule has 1 N–H and O–H groups in total. The first-order valence-electron chi connectivity index (χ1n) is 6.36. The highest BCUT2D eigenvalue weighted by atomic mass is 19.1. The molecule has 2 aromatic carbocycles. The van der Waals surface area contributed by atoms with Crippen LogP contribution in [-0.4, -0.2) is 4.92 Å². The smallest absolute Gasteiger partial charge is 0.292 e. The van der Waals surface area contributed by atoms with Gasteiger partial charge in [0.1, 0.15) is 11.5 Å². The van der Waals surface area contributed by atoms with Crippen LogP contribution < -0.4 is 5.32 Å². The molecule has 0 radical (unpaired) electrons. The van der Waals surface area contributed by atoms with E-state index in [0.717, 1.165) is 24.1 Å². The Morgan fingerprint density at radius 1 is 1.20 bits per heavy atom. The van der Waals surface area contributed by atoms with Gasteiger partial charge in [0.2, 0.25) is 0 Å². The minimum absolute atomic E-state index is 0.125. The molecule has 4 nitrogen and oxygen atoms in total. The van der Waals surface area contributed by atoms with Crippen LogP contribution in [0.4, 0.5) is 15.8 Å². The van der Waals surface area contributed by atoms with Crippen molar-refractivity contribution in [3.8, 4) is 0 Å². The summed E-state index contributed by atoms with van der Waals surface area (Å²) in [5.74, 6) is -0.498. The first-order chi connectivity index (χ1) is 9.61. The maximum atomic E-state index is 13.2. The van der Waals surface area contributed by atoms with Gasteiger partial charge >= 0.3 is 0 Å². The minimum Gasteiger partial charge on any atom is -0.375 e. The summed E-state index contributed by atoms with van der Waals surface area (Å²) in [6.07, 6.45) is 0.878. The van der Waals surface area contributed by atoms with Crippen molar-refractivity contribution in [3.05, 3.63) is 69.5 Å². The van der Waals surface area contributed by atoms with Crippen molar-refractivity contribution in [2.24, 2.45) is 0 Å². The van der Waals surface area contributed by atoms with Crippen molar-refractivity contribution in [2.75, 3.05) is 5.32 Å². The van der Waals surface area contributed by atoms with Gasteiger partial charge in [-0.1, -0.05) is 31.2 Å². The highest BCUT2D eigenvalue weighted by Crippen LogP contribution is 2.25. The molecule has 0 saturated carbocycles. The number of benzene rings is 2. The molecule has 0 aliphatic carbocycles. The summed E-state index contributed by atoms with van der Waals surface area (Å²) >= 11 is 0. The number of aryl methyl sites for hydroxylation is 1. The quantitative estimate of drug-likeness (QED) is 0.664. The van der Waals surface area contributed by atoms with Crippen LogP contribution in [0.25, 0.3) is 0 Å². The predicted molar refractivity (Wildman–Crippen MR) is 76.2 cm³/mol. The number of hydrogen-bond donors (Lipinski definition) is 1. The fourth-order valence-corrected chi connectivity index (χ4v) is 2.07. The number of anilines is 1. The van der Waals surface area contributed by atoms with Crippen molar-refractivity contribution in [1.29, 1.82) is 0 Å². The lowest BCUT2D eigenvalue weighted by atomic mass is 10.1. The molecule has 5 heteroatoms. The van der Waals surface area contributed by atoms with Gasteiger partial charge in [0.25, 0.3) is 5.69 Å². The average Bonchev–Trinajstić information content (AvgIpc) is 2.45. The third kappa shape index (κ3) is 3.12. The summed E-state index contributed by atoms with van der Waals surface area (Å²) in [5, 5.41) is 13.9. The Labute approximate surface area is 116 Å². The Hall–Kier alpha value is -2.43. The van der Waals surface area contributed by atoms with E-state index in [9.17, 15) is 14.5 Å². The number of nitro benzene ring substituents is 1. The van der Waals surface area contributed by atoms with E-state index in [2.05, 4.69) is 5.32 Å². The topological polar surface area (TPSA) is 55.2 Å². The molecule has 0 fully saturated rings. The van der Waals surface area contributed by atoms with Crippen molar-refractivity contribution in [2.45, 2.75) is 19.9 Å². The highest BCUT2D eigenvalue weighted by Gasteiger charge is 2.14. The van der Waals surface area contributed by atoms with Gasteiger partial charge in [-0.3, -0.25) is 10.1 Å². The van der Waals surface area contributed by atoms with E-state index >= 15 is 0 Å². The normalized spacial score (nSPS) is 10.3. The van der Waals surface area contributed by atoms with Gasteiger partial charge in [-0.2, -0.15) is 0 Å². The first kappa shape index (κ1) is 14.0. The van der Waals surface area contributed by atoms with Gasteiger partial charge in [0.15, 0.2) is 0 Å². The molecule has 104 valence electrons. The van der Waals surface area contributed by atoms with Crippen LogP contribution in [0.5, 0.6) is 0 Å². The largest absolute Gasteiger partial charge is 0.375 e. The molecule has 2 rings (SSSR count). The summed E-state index contributed by atoms with van der Waals surface area (Å²) < 4.78 is 13.2. The second-order valence-electron chi connectivity index (χ2n) is 4.39. The molecule has 0 atom stereocenters. The molecule has 0 amide bonds. The second-order valence-corrected chi connectivity index (χ2v) is 4.39. The zero-order chi connectivity index (χ0) is 14.5. The van der Waals surface area contributed by atoms with Crippen molar-refractivity contribution >= 4 is 11.4 Å². The molecule has 0 aromatic heterocycles. The van der Waals surface area contributed by atoms with Gasteiger partial charge < -0.3 is 5.32 Å². The molecule has 0 bridgehead atoms. The maximum absolute atomic E-state index is 13.2. The zero-order valence-corrected chi connectivity index (χ0v) is 11.1. The third-order valence-corrected chi connectivity index (χ3v) is 3.12. The Balaban J connectivity index is 2.22. The summed E-state index contributed by atoms with van der Waals surface area (Å²) in [7, 11) is 0. The van der Waals surface area contributed by atoms with Gasteiger partial charge in [-0.25, -0.2) is 4.39 Å². The fraction of sp³-hybridized carbons (Fsp3) is 0.200. The molecular formula is C15H15FN2O2. The Morgan fingerprint density at radius 2 is 1.90 bits per heavy atom. The van der Waals surface area contributed by atoms with Gasteiger partial charge in [0.05, 0.1) is 4.92 Å². The molecule has 0 spiro atoms. The van der Waals surface area contributed by atoms with Gasteiger partial charge in [-0.15, -0.1) is 0 Å². The van der Waals surface area contributed by atoms with E-state index in [1.54, 1.807) is 0 Å². The highest BCUT2D eigenvalue weighted by molar-refractivity contribution is 5.61. The Morgan fingerprint density at radius 3 is 2.55 bits per heavy atom. The lowest BCUT2D eigenvalue weighted by Gasteiger charge is -2.10. The predicted octanol–water partition coefficient (Wildman–Crippen LogP) is 3.91. The molecule has 0 saturated heterocycles. The van der Waals surface area contributed by atoms with E-state index in [1.165, 1.54) is 11.6 Å². The molecular weight excluding hydrogens is 259 g/mol. The zero-order valence-electron chi connectivity index (χ0n) is 11.1. The van der Waals surface area contributed by atoms with Gasteiger partial charge in [0, 0.05) is 18.7 Å². The average molecular weight is 274 g/mol. The van der Waals surface area contributed by atoms with Crippen LogP contribution in [0.3, 0.4) is 0 Å². The van der Waals surface area contributed by atoms with E-state index in [-0.39, 0.29) is 11.4 Å². The number of halogens is 1. The van der Waals surface area contributed by atoms with E-state index < -0.39 is 10.7 Å². The van der Waals surface area contributed by atoms with Crippen LogP contribution in [0.2, 0.25) is 0 Å². The molecule has 0 aliphatic rings.